The zero-order valence-electron chi connectivity index (χ0n) is 8.30. The van der Waals surface area contributed by atoms with Gasteiger partial charge in [0.1, 0.15) is 6.10 Å². The van der Waals surface area contributed by atoms with Gasteiger partial charge in [0.05, 0.1) is 0 Å². The van der Waals surface area contributed by atoms with Crippen LogP contribution in [0.1, 0.15) is 33.1 Å². The summed E-state index contributed by atoms with van der Waals surface area (Å²) in [6.07, 6.45) is 9.77. The van der Waals surface area contributed by atoms with E-state index in [1.54, 1.807) is 0 Å². The molecule has 1 rings (SSSR count). The Morgan fingerprint density at radius 2 is 2.23 bits per heavy atom. The van der Waals surface area contributed by atoms with Gasteiger partial charge in [0.15, 0.2) is 0 Å². The molecule has 70 valence electrons. The van der Waals surface area contributed by atoms with Crippen molar-refractivity contribution in [2.75, 3.05) is 0 Å². The Balaban J connectivity index is 2.91. The van der Waals surface area contributed by atoms with Gasteiger partial charge in [-0.1, -0.05) is 17.6 Å². The first kappa shape index (κ1) is 10.1. The average Bonchev–Trinajstić information content (AvgIpc) is 2.50. The molecule has 0 radical (unpaired) electrons. The predicted octanol–water partition coefficient (Wildman–Crippen LogP) is 2.43. The van der Waals surface area contributed by atoms with Crippen molar-refractivity contribution in [3.63, 3.8) is 0 Å². The molecular formula is C12H16O. The smallest absolute Gasteiger partial charge is 0.136 e. The molecule has 1 heteroatoms. The Bertz CT molecular complexity index is 285. The number of hydrogen-bond donors (Lipinski definition) is 1. The molecule has 0 bridgehead atoms. The van der Waals surface area contributed by atoms with Crippen molar-refractivity contribution < 1.29 is 5.11 Å². The average molecular weight is 176 g/mol. The largest absolute Gasteiger partial charge is 0.376 e. The third-order valence-electron chi connectivity index (χ3n) is 2.26. The predicted molar refractivity (Wildman–Crippen MR) is 55.1 cm³/mol. The Kier molecular flexibility index (Phi) is 3.33. The molecule has 1 atom stereocenters. The summed E-state index contributed by atoms with van der Waals surface area (Å²) in [7, 11) is 0. The van der Waals surface area contributed by atoms with E-state index in [0.717, 1.165) is 24.8 Å². The second-order valence-electron chi connectivity index (χ2n) is 3.69. The summed E-state index contributed by atoms with van der Waals surface area (Å²) in [4.78, 5) is 0. The van der Waals surface area contributed by atoms with Crippen molar-refractivity contribution in [3.8, 4) is 12.3 Å². The van der Waals surface area contributed by atoms with Crippen molar-refractivity contribution in [2.24, 2.45) is 0 Å². The van der Waals surface area contributed by atoms with Crippen LogP contribution in [-0.2, 0) is 0 Å². The number of aliphatic hydroxyl groups is 1. The summed E-state index contributed by atoms with van der Waals surface area (Å²) in [6, 6.07) is 0. The molecule has 1 N–H and O–H groups in total. The van der Waals surface area contributed by atoms with Gasteiger partial charge < -0.3 is 5.11 Å². The number of hydrogen-bond acceptors (Lipinski definition) is 1. The molecule has 0 aliphatic heterocycles. The molecule has 0 aromatic heterocycles. The Morgan fingerprint density at radius 3 is 2.77 bits per heavy atom. The van der Waals surface area contributed by atoms with Gasteiger partial charge >= 0.3 is 0 Å². The normalized spacial score (nSPS) is 18.3. The molecule has 1 aliphatic carbocycles. The minimum absolute atomic E-state index is 0.673. The van der Waals surface area contributed by atoms with Crippen LogP contribution in [-0.4, -0.2) is 11.2 Å². The van der Waals surface area contributed by atoms with Crippen LogP contribution >= 0.6 is 0 Å². The topological polar surface area (TPSA) is 20.2 Å². The van der Waals surface area contributed by atoms with E-state index in [1.165, 1.54) is 11.1 Å². The lowest BCUT2D eigenvalue weighted by Crippen LogP contribution is -2.06. The second kappa shape index (κ2) is 4.30. The van der Waals surface area contributed by atoms with Crippen LogP contribution in [0.4, 0.5) is 0 Å². The lowest BCUT2D eigenvalue weighted by atomic mass is 10.0. The van der Waals surface area contributed by atoms with Gasteiger partial charge in [-0.3, -0.25) is 0 Å². The van der Waals surface area contributed by atoms with Crippen LogP contribution in [0, 0.1) is 12.3 Å². The highest BCUT2D eigenvalue weighted by Gasteiger charge is 2.17. The van der Waals surface area contributed by atoms with Crippen molar-refractivity contribution in [1.82, 2.24) is 0 Å². The first-order valence-corrected chi connectivity index (χ1v) is 4.66. The van der Waals surface area contributed by atoms with Gasteiger partial charge in [0, 0.05) is 0 Å². The highest BCUT2D eigenvalue weighted by atomic mass is 16.3. The van der Waals surface area contributed by atoms with Crippen molar-refractivity contribution in [3.05, 3.63) is 22.8 Å². The van der Waals surface area contributed by atoms with E-state index >= 15 is 0 Å². The van der Waals surface area contributed by atoms with Crippen LogP contribution in [0.3, 0.4) is 0 Å². The summed E-state index contributed by atoms with van der Waals surface area (Å²) >= 11 is 0. The Hall–Kier alpha value is -1.00. The van der Waals surface area contributed by atoms with Gasteiger partial charge in [-0.25, -0.2) is 0 Å². The minimum atomic E-state index is -0.673. The lowest BCUT2D eigenvalue weighted by Gasteiger charge is -2.06. The zero-order valence-corrected chi connectivity index (χ0v) is 8.30. The second-order valence-corrected chi connectivity index (χ2v) is 3.69. The maximum atomic E-state index is 9.52. The molecule has 0 aromatic rings. The van der Waals surface area contributed by atoms with Crippen LogP contribution in [0.15, 0.2) is 22.8 Å². The van der Waals surface area contributed by atoms with Gasteiger partial charge in [0.2, 0.25) is 0 Å². The summed E-state index contributed by atoms with van der Waals surface area (Å²) in [5.41, 5.74) is 3.55. The first-order valence-electron chi connectivity index (χ1n) is 4.66. The molecular weight excluding hydrogens is 160 g/mol. The summed E-state index contributed by atoms with van der Waals surface area (Å²) in [5.74, 6) is 2.38. The van der Waals surface area contributed by atoms with E-state index in [9.17, 15) is 5.11 Å². The fraction of sp³-hybridized carbons (Fsp3) is 0.500. The fourth-order valence-corrected chi connectivity index (χ4v) is 1.72. The summed E-state index contributed by atoms with van der Waals surface area (Å²) in [5, 5.41) is 9.52. The highest BCUT2D eigenvalue weighted by Crippen LogP contribution is 2.29. The highest BCUT2D eigenvalue weighted by molar-refractivity contribution is 5.36. The molecule has 13 heavy (non-hydrogen) atoms. The maximum Gasteiger partial charge on any atom is 0.136 e. The van der Waals surface area contributed by atoms with Gasteiger partial charge in [-0.15, -0.1) is 6.42 Å². The van der Waals surface area contributed by atoms with Crippen LogP contribution < -0.4 is 0 Å². The number of terminal acetylenes is 1. The zero-order chi connectivity index (χ0) is 9.84. The van der Waals surface area contributed by atoms with E-state index in [-0.39, 0.29) is 0 Å². The number of rotatable bonds is 2. The van der Waals surface area contributed by atoms with E-state index in [1.807, 2.05) is 0 Å². The minimum Gasteiger partial charge on any atom is -0.376 e. The lowest BCUT2D eigenvalue weighted by molar-refractivity contribution is 0.265. The molecule has 0 aromatic carbocycles. The van der Waals surface area contributed by atoms with Crippen LogP contribution in [0.2, 0.25) is 0 Å². The maximum absolute atomic E-state index is 9.52. The van der Waals surface area contributed by atoms with E-state index < -0.39 is 6.10 Å². The van der Waals surface area contributed by atoms with E-state index in [4.69, 9.17) is 6.42 Å². The van der Waals surface area contributed by atoms with Crippen molar-refractivity contribution in [1.29, 1.82) is 0 Å². The first-order chi connectivity index (χ1) is 6.15. The molecule has 0 fully saturated rings. The molecule has 1 aliphatic rings. The molecule has 0 heterocycles. The van der Waals surface area contributed by atoms with Gasteiger partial charge in [-0.05, 0) is 44.3 Å². The summed E-state index contributed by atoms with van der Waals surface area (Å²) in [6.45, 7) is 4.12. The third kappa shape index (κ3) is 2.47. The SMILES string of the molecule is C#CC(O)C1=C(C=C(C)C)CCC1. The summed E-state index contributed by atoms with van der Waals surface area (Å²) < 4.78 is 0. The van der Waals surface area contributed by atoms with Crippen LogP contribution in [0.5, 0.6) is 0 Å². The molecule has 0 spiro atoms. The molecule has 1 nitrogen and oxygen atoms in total. The van der Waals surface area contributed by atoms with Gasteiger partial charge in [-0.2, -0.15) is 0 Å². The van der Waals surface area contributed by atoms with Gasteiger partial charge in [0.25, 0.3) is 0 Å². The Morgan fingerprint density at radius 1 is 1.54 bits per heavy atom. The van der Waals surface area contributed by atoms with Crippen LogP contribution in [0.25, 0.3) is 0 Å². The quantitative estimate of drug-likeness (QED) is 0.641. The molecule has 0 saturated heterocycles. The standard InChI is InChI=1S/C12H16O/c1-4-12(13)11-7-5-6-10(11)8-9(2)3/h1,8,12-13H,5-7H2,2-3H3. The monoisotopic (exact) mass is 176 g/mol. The fourth-order valence-electron chi connectivity index (χ4n) is 1.72. The van der Waals surface area contributed by atoms with E-state index in [2.05, 4.69) is 25.8 Å². The van der Waals surface area contributed by atoms with E-state index in [0.29, 0.717) is 0 Å². The van der Waals surface area contributed by atoms with Crippen molar-refractivity contribution >= 4 is 0 Å². The molecule has 0 saturated carbocycles. The third-order valence-corrected chi connectivity index (χ3v) is 2.26. The number of aliphatic hydroxyl groups excluding tert-OH is 1. The molecule has 1 unspecified atom stereocenters. The molecule has 0 amide bonds. The Labute approximate surface area is 80.2 Å². The van der Waals surface area contributed by atoms with Crippen molar-refractivity contribution in [2.45, 2.75) is 39.2 Å². The number of allylic oxidation sites excluding steroid dienone is 3.